The normalized spacial score (nSPS) is 16.0. The van der Waals surface area contributed by atoms with E-state index in [1.807, 2.05) is 0 Å². The van der Waals surface area contributed by atoms with E-state index in [4.69, 9.17) is 9.47 Å². The predicted molar refractivity (Wildman–Crippen MR) is 120 cm³/mol. The fraction of sp³-hybridized carbons (Fsp3) is 0.692. The van der Waals surface area contributed by atoms with Crippen molar-refractivity contribution < 1.29 is 9.47 Å². The van der Waals surface area contributed by atoms with Crippen LogP contribution in [0.2, 0.25) is 0 Å². The topological polar surface area (TPSA) is 21.8 Å². The predicted octanol–water partition coefficient (Wildman–Crippen LogP) is 7.65. The van der Waals surface area contributed by atoms with Crippen molar-refractivity contribution in [2.75, 3.05) is 13.2 Å². The Morgan fingerprint density at radius 1 is 0.821 bits per heavy atom. The molecule has 1 aromatic rings. The molecule has 0 bridgehead atoms. The van der Waals surface area contributed by atoms with E-state index >= 15 is 0 Å². The van der Waals surface area contributed by atoms with E-state index in [0.29, 0.717) is 12.7 Å². The molecule has 2 heteroatoms. The van der Waals surface area contributed by atoms with Crippen LogP contribution in [0.5, 0.6) is 5.75 Å². The van der Waals surface area contributed by atoms with Crippen molar-refractivity contribution in [2.45, 2.75) is 103 Å². The lowest BCUT2D eigenvalue weighted by atomic mass is 10.0. The molecule has 2 nitrogen and oxygen atoms in total. The van der Waals surface area contributed by atoms with Gasteiger partial charge in [0.25, 0.3) is 0 Å². The number of unbranched alkanes of at least 4 members (excludes halogenated alkanes) is 11. The molecule has 1 saturated heterocycles. The molecular weight excluding hydrogens is 344 g/mol. The number of ether oxygens (including phenoxy) is 2. The fourth-order valence-corrected chi connectivity index (χ4v) is 3.49. The minimum atomic E-state index is 0.331. The van der Waals surface area contributed by atoms with Crippen molar-refractivity contribution >= 4 is 0 Å². The van der Waals surface area contributed by atoms with Crippen molar-refractivity contribution in [2.24, 2.45) is 0 Å². The number of benzene rings is 1. The molecule has 1 atom stereocenters. The standard InChI is InChI=1S/C26H42O2/c1-2-3-4-5-6-7-8-9-10-11-12-13-14-15-16-17-24-18-20-25(21-19-24)27-22-26-23-28-26/h5-6,18-21,26H,2-4,7-17,22-23H2,1H3/b6-5+. The fourth-order valence-electron chi connectivity index (χ4n) is 3.49. The summed E-state index contributed by atoms with van der Waals surface area (Å²) >= 11 is 0. The molecule has 0 saturated carbocycles. The van der Waals surface area contributed by atoms with Gasteiger partial charge in [-0.05, 0) is 49.8 Å². The summed E-state index contributed by atoms with van der Waals surface area (Å²) in [4.78, 5) is 0. The summed E-state index contributed by atoms with van der Waals surface area (Å²) in [6.45, 7) is 3.81. The van der Waals surface area contributed by atoms with Crippen molar-refractivity contribution in [3.63, 3.8) is 0 Å². The van der Waals surface area contributed by atoms with Gasteiger partial charge in [-0.25, -0.2) is 0 Å². The van der Waals surface area contributed by atoms with Gasteiger partial charge in [0.05, 0.1) is 6.61 Å². The Morgan fingerprint density at radius 3 is 2.00 bits per heavy atom. The maximum atomic E-state index is 5.69. The molecule has 1 aliphatic heterocycles. The third kappa shape index (κ3) is 12.2. The van der Waals surface area contributed by atoms with Crippen LogP contribution in [0.4, 0.5) is 0 Å². The van der Waals surface area contributed by atoms with Crippen LogP contribution in [0.15, 0.2) is 36.4 Å². The van der Waals surface area contributed by atoms with Crippen LogP contribution in [0.3, 0.4) is 0 Å². The third-order valence-electron chi connectivity index (χ3n) is 5.49. The van der Waals surface area contributed by atoms with Gasteiger partial charge >= 0.3 is 0 Å². The van der Waals surface area contributed by atoms with Gasteiger partial charge < -0.3 is 9.47 Å². The zero-order valence-electron chi connectivity index (χ0n) is 18.2. The van der Waals surface area contributed by atoms with Crippen LogP contribution in [-0.4, -0.2) is 19.3 Å². The van der Waals surface area contributed by atoms with Crippen LogP contribution in [-0.2, 0) is 11.2 Å². The van der Waals surface area contributed by atoms with E-state index in [2.05, 4.69) is 43.3 Å². The summed E-state index contributed by atoms with van der Waals surface area (Å²) in [6.07, 6.45) is 24.0. The zero-order chi connectivity index (χ0) is 19.7. The number of epoxide rings is 1. The van der Waals surface area contributed by atoms with E-state index in [1.165, 1.54) is 95.5 Å². The monoisotopic (exact) mass is 386 g/mol. The SMILES string of the molecule is CCCC/C=C/CCCCCCCCCCCc1ccc(OCC2CO2)cc1. The molecule has 0 radical (unpaired) electrons. The second kappa shape index (κ2) is 15.6. The molecule has 1 fully saturated rings. The second-order valence-corrected chi connectivity index (χ2v) is 8.24. The second-order valence-electron chi connectivity index (χ2n) is 8.24. The van der Waals surface area contributed by atoms with Crippen LogP contribution in [0.1, 0.15) is 96.0 Å². The van der Waals surface area contributed by atoms with E-state index < -0.39 is 0 Å². The van der Waals surface area contributed by atoms with Gasteiger partial charge in [0.1, 0.15) is 18.5 Å². The molecule has 1 unspecified atom stereocenters. The minimum absolute atomic E-state index is 0.331. The quantitative estimate of drug-likeness (QED) is 0.147. The van der Waals surface area contributed by atoms with E-state index in [-0.39, 0.29) is 0 Å². The van der Waals surface area contributed by atoms with E-state index in [1.54, 1.807) is 0 Å². The van der Waals surface area contributed by atoms with Crippen molar-refractivity contribution in [3.8, 4) is 5.75 Å². The first kappa shape index (κ1) is 23.0. The van der Waals surface area contributed by atoms with Gasteiger partial charge in [0.15, 0.2) is 0 Å². The molecular formula is C26H42O2. The van der Waals surface area contributed by atoms with Crippen LogP contribution in [0, 0.1) is 0 Å². The third-order valence-corrected chi connectivity index (χ3v) is 5.49. The molecule has 2 rings (SSSR count). The molecule has 1 heterocycles. The largest absolute Gasteiger partial charge is 0.491 e. The van der Waals surface area contributed by atoms with Gasteiger partial charge in [-0.3, -0.25) is 0 Å². The molecule has 0 N–H and O–H groups in total. The summed E-state index contributed by atoms with van der Waals surface area (Å²) in [6, 6.07) is 8.61. The van der Waals surface area contributed by atoms with Crippen LogP contribution in [0.25, 0.3) is 0 Å². The van der Waals surface area contributed by atoms with Crippen molar-refractivity contribution in [1.29, 1.82) is 0 Å². The Morgan fingerprint density at radius 2 is 1.39 bits per heavy atom. The molecule has 0 aromatic heterocycles. The first-order chi connectivity index (χ1) is 13.9. The van der Waals surface area contributed by atoms with Gasteiger partial charge in [0.2, 0.25) is 0 Å². The highest BCUT2D eigenvalue weighted by atomic mass is 16.6. The first-order valence-electron chi connectivity index (χ1n) is 11.9. The average Bonchev–Trinajstić information content (AvgIpc) is 3.55. The lowest BCUT2D eigenvalue weighted by Gasteiger charge is -2.06. The Kier molecular flexibility index (Phi) is 12.8. The number of hydrogen-bond acceptors (Lipinski definition) is 2. The van der Waals surface area contributed by atoms with Gasteiger partial charge in [0, 0.05) is 0 Å². The Balaban J connectivity index is 1.33. The van der Waals surface area contributed by atoms with Crippen LogP contribution >= 0.6 is 0 Å². The van der Waals surface area contributed by atoms with Gasteiger partial charge in [-0.1, -0.05) is 89.0 Å². The van der Waals surface area contributed by atoms with Crippen molar-refractivity contribution in [1.82, 2.24) is 0 Å². The molecule has 0 amide bonds. The van der Waals surface area contributed by atoms with Gasteiger partial charge in [-0.2, -0.15) is 0 Å². The summed E-state index contributed by atoms with van der Waals surface area (Å²) in [7, 11) is 0. The highest BCUT2D eigenvalue weighted by molar-refractivity contribution is 5.27. The molecule has 28 heavy (non-hydrogen) atoms. The highest BCUT2D eigenvalue weighted by Crippen LogP contribution is 2.17. The maximum absolute atomic E-state index is 5.69. The Hall–Kier alpha value is -1.28. The average molecular weight is 387 g/mol. The van der Waals surface area contributed by atoms with E-state index in [0.717, 1.165) is 12.4 Å². The summed E-state index contributed by atoms with van der Waals surface area (Å²) in [5.74, 6) is 0.965. The molecule has 158 valence electrons. The number of aryl methyl sites for hydroxylation is 1. The number of rotatable bonds is 18. The molecule has 1 aliphatic rings. The Bertz CT molecular complexity index is 502. The highest BCUT2D eigenvalue weighted by Gasteiger charge is 2.22. The summed E-state index contributed by atoms with van der Waals surface area (Å²) < 4.78 is 10.9. The van der Waals surface area contributed by atoms with Gasteiger partial charge in [-0.15, -0.1) is 0 Å². The van der Waals surface area contributed by atoms with Crippen molar-refractivity contribution in [3.05, 3.63) is 42.0 Å². The van der Waals surface area contributed by atoms with E-state index in [9.17, 15) is 0 Å². The van der Waals surface area contributed by atoms with Crippen LogP contribution < -0.4 is 4.74 Å². The summed E-state index contributed by atoms with van der Waals surface area (Å²) in [5, 5.41) is 0. The number of allylic oxidation sites excluding steroid dienone is 2. The molecule has 0 spiro atoms. The lowest BCUT2D eigenvalue weighted by molar-refractivity contribution is 0.263. The Labute approximate surface area is 173 Å². The smallest absolute Gasteiger partial charge is 0.119 e. The maximum Gasteiger partial charge on any atom is 0.119 e. The summed E-state index contributed by atoms with van der Waals surface area (Å²) in [5.41, 5.74) is 1.43. The first-order valence-corrected chi connectivity index (χ1v) is 11.9. The lowest BCUT2D eigenvalue weighted by Crippen LogP contribution is -2.03. The molecule has 0 aliphatic carbocycles. The minimum Gasteiger partial charge on any atom is -0.491 e. The zero-order valence-corrected chi connectivity index (χ0v) is 18.2. The number of hydrogen-bond donors (Lipinski definition) is 0. The molecule has 1 aromatic carbocycles.